The van der Waals surface area contributed by atoms with Gasteiger partial charge in [0.05, 0.1) is 19.8 Å². The second kappa shape index (κ2) is 7.88. The van der Waals surface area contributed by atoms with E-state index in [0.717, 1.165) is 17.7 Å². The van der Waals surface area contributed by atoms with Crippen LogP contribution in [-0.4, -0.2) is 37.2 Å². The molecule has 0 radical (unpaired) electrons. The summed E-state index contributed by atoms with van der Waals surface area (Å²) in [6.45, 7) is 0.570. The number of amides is 2. The average molecular weight is 356 g/mol. The number of aliphatic hydroxyl groups is 1. The van der Waals surface area contributed by atoms with Crippen LogP contribution >= 0.6 is 0 Å². The number of ether oxygens (including phenoxy) is 2. The highest BCUT2D eigenvalue weighted by Gasteiger charge is 2.18. The fourth-order valence-electron chi connectivity index (χ4n) is 2.69. The molecule has 2 amide bonds. The van der Waals surface area contributed by atoms with E-state index in [9.17, 15) is 14.7 Å². The minimum absolute atomic E-state index is 0.0655. The summed E-state index contributed by atoms with van der Waals surface area (Å²) in [5.41, 5.74) is 2.15. The molecule has 3 N–H and O–H groups in total. The Labute approximate surface area is 150 Å². The molecule has 26 heavy (non-hydrogen) atoms. The van der Waals surface area contributed by atoms with E-state index in [4.69, 9.17) is 9.47 Å². The lowest BCUT2D eigenvalue weighted by atomic mass is 10.0. The number of anilines is 1. The van der Waals surface area contributed by atoms with Gasteiger partial charge in [0.15, 0.2) is 0 Å². The Morgan fingerprint density at radius 3 is 2.88 bits per heavy atom. The van der Waals surface area contributed by atoms with Crippen molar-refractivity contribution in [2.75, 3.05) is 25.6 Å². The predicted molar refractivity (Wildman–Crippen MR) is 95.2 cm³/mol. The van der Waals surface area contributed by atoms with Crippen molar-refractivity contribution < 1.29 is 24.2 Å². The van der Waals surface area contributed by atoms with Crippen LogP contribution in [0.4, 0.5) is 5.69 Å². The molecule has 0 aromatic heterocycles. The van der Waals surface area contributed by atoms with Crippen molar-refractivity contribution in [1.29, 1.82) is 0 Å². The van der Waals surface area contributed by atoms with Gasteiger partial charge in [0.1, 0.15) is 11.5 Å². The Balaban J connectivity index is 1.53. The number of carbonyl (C=O) groups excluding carboxylic acids is 2. The molecule has 1 aliphatic rings. The van der Waals surface area contributed by atoms with Gasteiger partial charge in [-0.15, -0.1) is 0 Å². The molecular weight excluding hydrogens is 336 g/mol. The Morgan fingerprint density at radius 2 is 2.08 bits per heavy atom. The summed E-state index contributed by atoms with van der Waals surface area (Å²) in [6.07, 6.45) is -0.111. The van der Waals surface area contributed by atoms with E-state index in [1.165, 1.54) is 7.11 Å². The minimum Gasteiger partial charge on any atom is -0.497 e. The molecule has 0 saturated heterocycles. The van der Waals surface area contributed by atoms with E-state index in [-0.39, 0.29) is 6.54 Å². The Morgan fingerprint density at radius 1 is 1.23 bits per heavy atom. The van der Waals surface area contributed by atoms with Crippen molar-refractivity contribution in [1.82, 2.24) is 5.32 Å². The van der Waals surface area contributed by atoms with E-state index < -0.39 is 17.9 Å². The number of fused-ring (bicyclic) bond motifs is 1. The van der Waals surface area contributed by atoms with Gasteiger partial charge >= 0.3 is 11.8 Å². The third kappa shape index (κ3) is 4.12. The van der Waals surface area contributed by atoms with Crippen molar-refractivity contribution in [3.8, 4) is 11.5 Å². The first-order valence-electron chi connectivity index (χ1n) is 8.24. The fraction of sp³-hybridized carbons (Fsp3) is 0.263. The first-order valence-corrected chi connectivity index (χ1v) is 8.24. The summed E-state index contributed by atoms with van der Waals surface area (Å²) in [6, 6.07) is 12.1. The summed E-state index contributed by atoms with van der Waals surface area (Å²) in [4.78, 5) is 23.9. The van der Waals surface area contributed by atoms with Crippen molar-refractivity contribution in [2.45, 2.75) is 12.5 Å². The van der Waals surface area contributed by atoms with Crippen molar-refractivity contribution in [3.63, 3.8) is 0 Å². The van der Waals surface area contributed by atoms with Gasteiger partial charge in [-0.2, -0.15) is 0 Å². The number of hydrogen-bond donors (Lipinski definition) is 3. The number of nitrogens with one attached hydrogen (secondary N) is 2. The molecule has 7 nitrogen and oxygen atoms in total. The molecule has 0 aliphatic carbocycles. The summed E-state index contributed by atoms with van der Waals surface area (Å²) in [7, 11) is 1.51. The summed E-state index contributed by atoms with van der Waals surface area (Å²) in [5.74, 6) is -0.244. The van der Waals surface area contributed by atoms with E-state index in [1.807, 2.05) is 6.07 Å². The zero-order valence-electron chi connectivity index (χ0n) is 14.3. The lowest BCUT2D eigenvalue weighted by Crippen LogP contribution is -2.37. The minimum atomic E-state index is -0.908. The van der Waals surface area contributed by atoms with Crippen molar-refractivity contribution in [2.24, 2.45) is 0 Å². The SMILES string of the molecule is COc1cccc(NC(=O)C(=O)NCC(O)c2ccc3c(c2)CCO3)c1. The standard InChI is InChI=1S/C19H20N2O5/c1-25-15-4-2-3-14(10-15)21-19(24)18(23)20-11-16(22)12-5-6-17-13(9-12)7-8-26-17/h2-6,9-10,16,22H,7-8,11H2,1H3,(H,20,23)(H,21,24). The smallest absolute Gasteiger partial charge is 0.313 e. The Kier molecular flexibility index (Phi) is 5.38. The molecule has 1 aliphatic heterocycles. The van der Waals surface area contributed by atoms with E-state index >= 15 is 0 Å². The molecule has 0 saturated carbocycles. The Bertz CT molecular complexity index is 821. The average Bonchev–Trinajstić information content (AvgIpc) is 3.13. The molecule has 0 bridgehead atoms. The van der Waals surface area contributed by atoms with Crippen LogP contribution in [0.3, 0.4) is 0 Å². The third-order valence-corrected chi connectivity index (χ3v) is 4.09. The molecule has 0 spiro atoms. The molecule has 1 unspecified atom stereocenters. The van der Waals surface area contributed by atoms with E-state index in [2.05, 4.69) is 10.6 Å². The van der Waals surface area contributed by atoms with Crippen LogP contribution in [-0.2, 0) is 16.0 Å². The first-order chi connectivity index (χ1) is 12.6. The van der Waals surface area contributed by atoms with Crippen molar-refractivity contribution >= 4 is 17.5 Å². The maximum absolute atomic E-state index is 12.0. The van der Waals surface area contributed by atoms with E-state index in [1.54, 1.807) is 36.4 Å². The monoisotopic (exact) mass is 356 g/mol. The van der Waals surface area contributed by atoms with E-state index in [0.29, 0.717) is 23.6 Å². The number of carbonyl (C=O) groups is 2. The number of benzene rings is 2. The summed E-state index contributed by atoms with van der Waals surface area (Å²) >= 11 is 0. The maximum atomic E-state index is 12.0. The fourth-order valence-corrected chi connectivity index (χ4v) is 2.69. The molecule has 3 rings (SSSR count). The molecule has 7 heteroatoms. The molecule has 1 heterocycles. The molecule has 1 atom stereocenters. The zero-order chi connectivity index (χ0) is 18.5. The van der Waals surface area contributed by atoms with Crippen LogP contribution in [0, 0.1) is 0 Å². The Hall–Kier alpha value is -3.06. The summed E-state index contributed by atoms with van der Waals surface area (Å²) < 4.78 is 10.5. The number of hydrogen-bond acceptors (Lipinski definition) is 5. The summed E-state index contributed by atoms with van der Waals surface area (Å²) in [5, 5.41) is 15.2. The van der Waals surface area contributed by atoms with Gasteiger partial charge in [-0.3, -0.25) is 9.59 Å². The second-order valence-corrected chi connectivity index (χ2v) is 5.88. The third-order valence-electron chi connectivity index (χ3n) is 4.09. The van der Waals surface area contributed by atoms with Crippen LogP contribution in [0.15, 0.2) is 42.5 Å². The van der Waals surface area contributed by atoms with Gasteiger partial charge < -0.3 is 25.2 Å². The number of methoxy groups -OCH3 is 1. The van der Waals surface area contributed by atoms with Crippen LogP contribution in [0.25, 0.3) is 0 Å². The van der Waals surface area contributed by atoms with Crippen LogP contribution < -0.4 is 20.1 Å². The lowest BCUT2D eigenvalue weighted by Gasteiger charge is -2.13. The maximum Gasteiger partial charge on any atom is 0.313 e. The van der Waals surface area contributed by atoms with Gasteiger partial charge in [-0.05, 0) is 35.4 Å². The number of aliphatic hydroxyl groups excluding tert-OH is 1. The van der Waals surface area contributed by atoms with Gasteiger partial charge in [-0.25, -0.2) is 0 Å². The normalized spacial score (nSPS) is 13.3. The molecule has 136 valence electrons. The highest BCUT2D eigenvalue weighted by atomic mass is 16.5. The highest BCUT2D eigenvalue weighted by Crippen LogP contribution is 2.28. The van der Waals surface area contributed by atoms with Crippen LogP contribution in [0.1, 0.15) is 17.2 Å². The molecular formula is C19H20N2O5. The first kappa shape index (κ1) is 17.8. The highest BCUT2D eigenvalue weighted by molar-refractivity contribution is 6.39. The van der Waals surface area contributed by atoms with Crippen LogP contribution in [0.5, 0.6) is 11.5 Å². The largest absolute Gasteiger partial charge is 0.497 e. The predicted octanol–water partition coefficient (Wildman–Crippen LogP) is 1.42. The van der Waals surface area contributed by atoms with Gasteiger partial charge in [0, 0.05) is 24.7 Å². The molecule has 2 aromatic carbocycles. The topological polar surface area (TPSA) is 96.9 Å². The number of rotatable bonds is 5. The lowest BCUT2D eigenvalue weighted by molar-refractivity contribution is -0.136. The second-order valence-electron chi connectivity index (χ2n) is 5.88. The van der Waals surface area contributed by atoms with Crippen LogP contribution in [0.2, 0.25) is 0 Å². The van der Waals surface area contributed by atoms with Gasteiger partial charge in [0.2, 0.25) is 0 Å². The van der Waals surface area contributed by atoms with Gasteiger partial charge in [0.25, 0.3) is 0 Å². The quantitative estimate of drug-likeness (QED) is 0.704. The molecule has 0 fully saturated rings. The van der Waals surface area contributed by atoms with Gasteiger partial charge in [-0.1, -0.05) is 12.1 Å². The van der Waals surface area contributed by atoms with Crippen molar-refractivity contribution in [3.05, 3.63) is 53.6 Å². The molecule has 2 aromatic rings. The zero-order valence-corrected chi connectivity index (χ0v) is 14.3.